The van der Waals surface area contributed by atoms with E-state index >= 15 is 0 Å². The first kappa shape index (κ1) is 17.9. The maximum atomic E-state index is 12.5. The molecule has 0 unspecified atom stereocenters. The predicted octanol–water partition coefficient (Wildman–Crippen LogP) is 1.84. The topological polar surface area (TPSA) is 61.4 Å². The van der Waals surface area contributed by atoms with Gasteiger partial charge in [0.05, 0.1) is 6.54 Å². The molecule has 1 saturated carbocycles. The highest BCUT2D eigenvalue weighted by Gasteiger charge is 2.38. The Balaban J connectivity index is 1.25. The molecule has 1 saturated heterocycles. The van der Waals surface area contributed by atoms with E-state index in [4.69, 9.17) is 0 Å². The Kier molecular flexibility index (Phi) is 5.34. The molecule has 1 aromatic carbocycles. The van der Waals surface area contributed by atoms with E-state index in [2.05, 4.69) is 55.4 Å². The van der Waals surface area contributed by atoms with E-state index in [-0.39, 0.29) is 11.3 Å². The predicted molar refractivity (Wildman–Crippen MR) is 106 cm³/mol. The molecule has 0 spiro atoms. The van der Waals surface area contributed by atoms with E-state index in [1.165, 1.54) is 12.0 Å². The van der Waals surface area contributed by atoms with Crippen molar-refractivity contribution in [2.75, 3.05) is 44.2 Å². The van der Waals surface area contributed by atoms with E-state index in [0.717, 1.165) is 51.5 Å². The van der Waals surface area contributed by atoms with Crippen molar-refractivity contribution in [3.05, 3.63) is 54.4 Å². The molecule has 1 aromatic heterocycles. The zero-order valence-electron chi connectivity index (χ0n) is 15.7. The van der Waals surface area contributed by atoms with Crippen LogP contribution in [0.25, 0.3) is 0 Å². The Morgan fingerprint density at radius 1 is 1.00 bits per heavy atom. The van der Waals surface area contributed by atoms with Crippen molar-refractivity contribution in [2.45, 2.75) is 24.7 Å². The van der Waals surface area contributed by atoms with Crippen molar-refractivity contribution >= 4 is 11.9 Å². The zero-order chi connectivity index (χ0) is 18.5. The molecule has 6 nitrogen and oxygen atoms in total. The molecule has 0 bridgehead atoms. The van der Waals surface area contributed by atoms with Crippen molar-refractivity contribution in [2.24, 2.45) is 0 Å². The Hall–Kier alpha value is -2.47. The SMILES string of the molecule is O=C(CN1CCN(c2ncccn2)CC1)NCC1(c2ccccc2)CCC1. The first-order valence-electron chi connectivity index (χ1n) is 9.82. The van der Waals surface area contributed by atoms with Crippen molar-refractivity contribution in [1.29, 1.82) is 0 Å². The fourth-order valence-corrected chi connectivity index (χ4v) is 4.05. The Morgan fingerprint density at radius 2 is 1.70 bits per heavy atom. The van der Waals surface area contributed by atoms with Crippen LogP contribution < -0.4 is 10.2 Å². The number of anilines is 1. The molecule has 6 heteroatoms. The van der Waals surface area contributed by atoms with Crippen LogP contribution in [-0.2, 0) is 10.2 Å². The number of amides is 1. The number of nitrogens with one attached hydrogen (secondary N) is 1. The maximum absolute atomic E-state index is 12.5. The molecule has 1 aliphatic carbocycles. The number of nitrogens with zero attached hydrogens (tertiary/aromatic N) is 4. The van der Waals surface area contributed by atoms with Crippen LogP contribution >= 0.6 is 0 Å². The molecule has 1 amide bonds. The molecule has 142 valence electrons. The molecule has 0 atom stereocenters. The second-order valence-electron chi connectivity index (χ2n) is 7.59. The van der Waals surface area contributed by atoms with Gasteiger partial charge in [-0.2, -0.15) is 0 Å². The van der Waals surface area contributed by atoms with E-state index in [1.807, 2.05) is 6.07 Å². The fraction of sp³-hybridized carbons (Fsp3) is 0.476. The van der Waals surface area contributed by atoms with Crippen LogP contribution in [0.3, 0.4) is 0 Å². The van der Waals surface area contributed by atoms with E-state index in [1.54, 1.807) is 12.4 Å². The van der Waals surface area contributed by atoms with Gasteiger partial charge in [0.2, 0.25) is 11.9 Å². The lowest BCUT2D eigenvalue weighted by molar-refractivity contribution is -0.122. The van der Waals surface area contributed by atoms with Gasteiger partial charge >= 0.3 is 0 Å². The first-order chi connectivity index (χ1) is 13.3. The highest BCUT2D eigenvalue weighted by Crippen LogP contribution is 2.43. The molecule has 2 fully saturated rings. The molecule has 4 rings (SSSR count). The van der Waals surface area contributed by atoms with Crippen LogP contribution in [0.5, 0.6) is 0 Å². The summed E-state index contributed by atoms with van der Waals surface area (Å²) >= 11 is 0. The Morgan fingerprint density at radius 3 is 2.33 bits per heavy atom. The van der Waals surface area contributed by atoms with Crippen LogP contribution in [0, 0.1) is 0 Å². The normalized spacial score (nSPS) is 19.3. The fourth-order valence-electron chi connectivity index (χ4n) is 4.05. The lowest BCUT2D eigenvalue weighted by atomic mass is 9.64. The summed E-state index contributed by atoms with van der Waals surface area (Å²) < 4.78 is 0. The minimum absolute atomic E-state index is 0.126. The molecule has 2 heterocycles. The number of carbonyl (C=O) groups is 1. The van der Waals surface area contributed by atoms with Gasteiger partial charge in [0, 0.05) is 50.5 Å². The third-order valence-corrected chi connectivity index (χ3v) is 5.90. The average Bonchev–Trinajstić information content (AvgIpc) is 2.69. The molecule has 1 N–H and O–H groups in total. The van der Waals surface area contributed by atoms with Gasteiger partial charge in [0.25, 0.3) is 0 Å². The van der Waals surface area contributed by atoms with Gasteiger partial charge in [-0.15, -0.1) is 0 Å². The summed E-state index contributed by atoms with van der Waals surface area (Å²) in [5.41, 5.74) is 1.49. The van der Waals surface area contributed by atoms with Gasteiger partial charge < -0.3 is 10.2 Å². The lowest BCUT2D eigenvalue weighted by Crippen LogP contribution is -2.52. The number of carbonyl (C=O) groups excluding carboxylic acids is 1. The standard InChI is InChI=1S/C21H27N5O/c27-19(24-17-21(8-4-9-21)18-6-2-1-3-7-18)16-25-12-14-26(15-13-25)20-22-10-5-11-23-20/h1-3,5-7,10-11H,4,8-9,12-17H2,(H,24,27). The molecular weight excluding hydrogens is 338 g/mol. The highest BCUT2D eigenvalue weighted by atomic mass is 16.2. The molecule has 27 heavy (non-hydrogen) atoms. The summed E-state index contributed by atoms with van der Waals surface area (Å²) in [6.07, 6.45) is 7.10. The average molecular weight is 365 g/mol. The van der Waals surface area contributed by atoms with Gasteiger partial charge in [-0.1, -0.05) is 36.8 Å². The summed E-state index contributed by atoms with van der Waals surface area (Å²) in [5.74, 6) is 0.901. The smallest absolute Gasteiger partial charge is 0.234 e. The number of hydrogen-bond acceptors (Lipinski definition) is 5. The summed E-state index contributed by atoms with van der Waals surface area (Å²) in [6, 6.07) is 12.4. The van der Waals surface area contributed by atoms with Crippen molar-refractivity contribution in [3.8, 4) is 0 Å². The van der Waals surface area contributed by atoms with Crippen molar-refractivity contribution in [1.82, 2.24) is 20.2 Å². The summed E-state index contributed by atoms with van der Waals surface area (Å²) in [5, 5.41) is 3.20. The third-order valence-electron chi connectivity index (χ3n) is 5.90. The van der Waals surface area contributed by atoms with E-state index < -0.39 is 0 Å². The second-order valence-corrected chi connectivity index (χ2v) is 7.59. The number of aromatic nitrogens is 2. The van der Waals surface area contributed by atoms with Gasteiger partial charge in [-0.25, -0.2) is 9.97 Å². The van der Waals surface area contributed by atoms with Gasteiger partial charge in [-0.05, 0) is 24.5 Å². The lowest BCUT2D eigenvalue weighted by Gasteiger charge is -2.43. The summed E-state index contributed by atoms with van der Waals surface area (Å²) in [4.78, 5) is 25.5. The largest absolute Gasteiger partial charge is 0.354 e. The van der Waals surface area contributed by atoms with Crippen molar-refractivity contribution in [3.63, 3.8) is 0 Å². The van der Waals surface area contributed by atoms with Crippen LogP contribution in [0.15, 0.2) is 48.8 Å². The highest BCUT2D eigenvalue weighted by molar-refractivity contribution is 5.78. The number of benzene rings is 1. The zero-order valence-corrected chi connectivity index (χ0v) is 15.7. The summed E-state index contributed by atoms with van der Waals surface area (Å²) in [7, 11) is 0. The molecule has 1 aliphatic heterocycles. The Bertz CT molecular complexity index is 740. The van der Waals surface area contributed by atoms with Crippen molar-refractivity contribution < 1.29 is 4.79 Å². The number of hydrogen-bond donors (Lipinski definition) is 1. The molecule has 2 aliphatic rings. The quantitative estimate of drug-likeness (QED) is 0.846. The van der Waals surface area contributed by atoms with Crippen LogP contribution in [0.1, 0.15) is 24.8 Å². The van der Waals surface area contributed by atoms with E-state index in [9.17, 15) is 4.79 Å². The maximum Gasteiger partial charge on any atom is 0.234 e. The van der Waals surface area contributed by atoms with Crippen LogP contribution in [0.4, 0.5) is 5.95 Å². The Labute approximate surface area is 160 Å². The molecule has 2 aromatic rings. The first-order valence-corrected chi connectivity index (χ1v) is 9.82. The van der Waals surface area contributed by atoms with Gasteiger partial charge in [0.15, 0.2) is 0 Å². The third kappa shape index (κ3) is 4.11. The van der Waals surface area contributed by atoms with Gasteiger partial charge in [0.1, 0.15) is 0 Å². The summed E-state index contributed by atoms with van der Waals surface area (Å²) in [6.45, 7) is 4.63. The minimum atomic E-state index is 0.126. The van der Waals surface area contributed by atoms with Gasteiger partial charge in [-0.3, -0.25) is 9.69 Å². The monoisotopic (exact) mass is 365 g/mol. The second kappa shape index (κ2) is 8.05. The molecular formula is C21H27N5O. The van der Waals surface area contributed by atoms with E-state index in [0.29, 0.717) is 6.54 Å². The molecule has 0 radical (unpaired) electrons. The van der Waals surface area contributed by atoms with Crippen LogP contribution in [-0.4, -0.2) is 60.0 Å². The number of rotatable bonds is 6. The number of piperazine rings is 1. The minimum Gasteiger partial charge on any atom is -0.354 e. The van der Waals surface area contributed by atoms with Crippen LogP contribution in [0.2, 0.25) is 0 Å².